The van der Waals surface area contributed by atoms with Crippen molar-refractivity contribution in [1.29, 1.82) is 0 Å². The van der Waals surface area contributed by atoms with Gasteiger partial charge in [0.05, 0.1) is 14.2 Å². The summed E-state index contributed by atoms with van der Waals surface area (Å²) in [6.07, 6.45) is 5.57. The Morgan fingerprint density at radius 1 is 1.12 bits per heavy atom. The van der Waals surface area contributed by atoms with Gasteiger partial charge in [-0.2, -0.15) is 0 Å². The Bertz CT molecular complexity index is 1100. The molecule has 4 rings (SSSR count). The zero-order chi connectivity index (χ0) is 23.0. The molecule has 1 aliphatic carbocycles. The number of hydrogen-bond donors (Lipinski definition) is 0. The number of carbonyl (C=O) groups is 1. The average molecular weight is 437 g/mol. The van der Waals surface area contributed by atoms with Crippen molar-refractivity contribution in [3.8, 4) is 11.5 Å². The van der Waals surface area contributed by atoms with Gasteiger partial charge in [-0.25, -0.2) is 0 Å². The van der Waals surface area contributed by atoms with Crippen LogP contribution in [0.3, 0.4) is 0 Å². The van der Waals surface area contributed by atoms with Crippen LogP contribution in [0.4, 0.5) is 0 Å². The fourth-order valence-corrected chi connectivity index (χ4v) is 5.37. The molecule has 2 fully saturated rings. The predicted octanol–water partition coefficient (Wildman–Crippen LogP) is 4.15. The van der Waals surface area contributed by atoms with E-state index in [0.29, 0.717) is 29.0 Å². The molecule has 2 aromatic rings. The van der Waals surface area contributed by atoms with Crippen molar-refractivity contribution in [3.63, 3.8) is 0 Å². The van der Waals surface area contributed by atoms with E-state index in [1.807, 2.05) is 17.0 Å². The summed E-state index contributed by atoms with van der Waals surface area (Å²) in [5, 5.41) is 0. The molecule has 2 aliphatic rings. The third-order valence-electron chi connectivity index (χ3n) is 7.33. The monoisotopic (exact) mass is 436 g/mol. The second kappa shape index (κ2) is 8.49. The molecule has 3 atom stereocenters. The number of hydrogen-bond acceptors (Lipinski definition) is 4. The zero-order valence-electron chi connectivity index (χ0n) is 19.5. The van der Waals surface area contributed by atoms with Crippen LogP contribution in [0.15, 0.2) is 47.4 Å². The van der Waals surface area contributed by atoms with Gasteiger partial charge in [0.2, 0.25) is 0 Å². The molecule has 32 heavy (non-hydrogen) atoms. The predicted molar refractivity (Wildman–Crippen MR) is 126 cm³/mol. The Morgan fingerprint density at radius 3 is 2.56 bits per heavy atom. The Hall–Kier alpha value is -3.02. The molecule has 0 N–H and O–H groups in total. The van der Waals surface area contributed by atoms with Gasteiger partial charge in [0.25, 0.3) is 11.5 Å². The minimum absolute atomic E-state index is 0.106. The van der Waals surface area contributed by atoms with E-state index in [9.17, 15) is 9.59 Å². The summed E-state index contributed by atoms with van der Waals surface area (Å²) in [7, 11) is 3.16. The van der Waals surface area contributed by atoms with Crippen LogP contribution in [0.1, 0.15) is 39.2 Å². The van der Waals surface area contributed by atoms with Gasteiger partial charge in [0.15, 0.2) is 11.5 Å². The van der Waals surface area contributed by atoms with Gasteiger partial charge in [-0.3, -0.25) is 14.2 Å². The highest BCUT2D eigenvalue weighted by Gasteiger charge is 2.49. The fourth-order valence-electron chi connectivity index (χ4n) is 5.37. The van der Waals surface area contributed by atoms with Crippen molar-refractivity contribution in [3.05, 3.63) is 58.5 Å². The first-order valence-corrected chi connectivity index (χ1v) is 11.2. The fraction of sp³-hybridized carbons (Fsp3) is 0.462. The van der Waals surface area contributed by atoms with Crippen LogP contribution >= 0.6 is 0 Å². The summed E-state index contributed by atoms with van der Waals surface area (Å²) in [6, 6.07) is 10.6. The first kappa shape index (κ1) is 22.2. The maximum absolute atomic E-state index is 13.9. The Balaban J connectivity index is 1.78. The largest absolute Gasteiger partial charge is 0.493 e. The maximum atomic E-state index is 13.9. The summed E-state index contributed by atoms with van der Waals surface area (Å²) in [5.74, 6) is 1.97. The second-order valence-corrected chi connectivity index (χ2v) is 9.66. The molecule has 1 aromatic heterocycles. The van der Waals surface area contributed by atoms with Crippen molar-refractivity contribution in [2.75, 3.05) is 20.8 Å². The number of aromatic nitrogens is 1. The number of amides is 1. The molecule has 3 unspecified atom stereocenters. The maximum Gasteiger partial charge on any atom is 0.271 e. The molecule has 0 radical (unpaired) electrons. The lowest BCUT2D eigenvalue weighted by atomic mass is 9.65. The van der Waals surface area contributed by atoms with Crippen LogP contribution in [0.2, 0.25) is 0 Å². The third-order valence-corrected chi connectivity index (χ3v) is 7.33. The molecule has 1 saturated carbocycles. The standard InChI is InChI=1S/C26H32N2O4/c1-17-20-13-19(15-26(17,2)3)16-28(20)25(30)21(27-11-7-6-8-24(27)29)12-18-9-10-22(31-4)23(14-18)32-5/h6-12,14,17,19-20H,13,15-16H2,1-5H3. The number of ether oxygens (including phenoxy) is 2. The minimum atomic E-state index is -0.233. The van der Waals surface area contributed by atoms with Crippen LogP contribution in [0.25, 0.3) is 11.8 Å². The number of nitrogens with zero attached hydrogens (tertiary/aromatic N) is 2. The number of benzene rings is 1. The van der Waals surface area contributed by atoms with Gasteiger partial charge < -0.3 is 14.4 Å². The van der Waals surface area contributed by atoms with Gasteiger partial charge in [-0.15, -0.1) is 0 Å². The average Bonchev–Trinajstić information content (AvgIpc) is 3.15. The van der Waals surface area contributed by atoms with Gasteiger partial charge in [-0.05, 0) is 59.9 Å². The topological polar surface area (TPSA) is 60.8 Å². The normalized spacial score (nSPS) is 24.3. The smallest absolute Gasteiger partial charge is 0.271 e. The van der Waals surface area contributed by atoms with Crippen LogP contribution < -0.4 is 15.0 Å². The first-order chi connectivity index (χ1) is 15.2. The SMILES string of the molecule is COc1ccc(C=C(C(=O)N2CC3CC2C(C)C(C)(C)C3)n2ccccc2=O)cc1OC. The molecule has 6 nitrogen and oxygen atoms in total. The highest BCUT2D eigenvalue weighted by atomic mass is 16.5. The first-order valence-electron chi connectivity index (χ1n) is 11.2. The lowest BCUT2D eigenvalue weighted by Gasteiger charge is -2.42. The zero-order valence-corrected chi connectivity index (χ0v) is 19.5. The summed E-state index contributed by atoms with van der Waals surface area (Å²) >= 11 is 0. The van der Waals surface area contributed by atoms with Crippen molar-refractivity contribution in [1.82, 2.24) is 9.47 Å². The molecule has 0 spiro atoms. The molecule has 1 aromatic carbocycles. The summed E-state index contributed by atoms with van der Waals surface area (Å²) in [6.45, 7) is 7.58. The molecule has 1 aliphatic heterocycles. The van der Waals surface area contributed by atoms with Crippen molar-refractivity contribution in [2.45, 2.75) is 39.7 Å². The van der Waals surface area contributed by atoms with E-state index < -0.39 is 0 Å². The summed E-state index contributed by atoms with van der Waals surface area (Å²) < 4.78 is 12.2. The molecule has 1 saturated heterocycles. The van der Waals surface area contributed by atoms with E-state index in [4.69, 9.17) is 9.47 Å². The molecule has 170 valence electrons. The van der Waals surface area contributed by atoms with E-state index in [-0.39, 0.29) is 22.9 Å². The third kappa shape index (κ3) is 3.94. The van der Waals surface area contributed by atoms with E-state index in [1.165, 1.54) is 10.6 Å². The van der Waals surface area contributed by atoms with Crippen LogP contribution in [0, 0.1) is 17.3 Å². The minimum Gasteiger partial charge on any atom is -0.493 e. The molecule has 2 bridgehead atoms. The molecular formula is C26H32N2O4. The summed E-state index contributed by atoms with van der Waals surface area (Å²) in [5.41, 5.74) is 1.07. The number of pyridine rings is 1. The van der Waals surface area contributed by atoms with Crippen LogP contribution in [-0.2, 0) is 4.79 Å². The lowest BCUT2D eigenvalue weighted by Crippen LogP contribution is -2.45. The molecule has 2 heterocycles. The van der Waals surface area contributed by atoms with Gasteiger partial charge in [0, 0.05) is 24.8 Å². The van der Waals surface area contributed by atoms with E-state index >= 15 is 0 Å². The molecule has 1 amide bonds. The highest BCUT2D eigenvalue weighted by Crippen LogP contribution is 2.49. The summed E-state index contributed by atoms with van der Waals surface area (Å²) in [4.78, 5) is 28.6. The van der Waals surface area contributed by atoms with Crippen LogP contribution in [0.5, 0.6) is 11.5 Å². The Kier molecular flexibility index (Phi) is 5.89. The molecular weight excluding hydrogens is 404 g/mol. The van der Waals surface area contributed by atoms with E-state index in [0.717, 1.165) is 24.9 Å². The van der Waals surface area contributed by atoms with Gasteiger partial charge >= 0.3 is 0 Å². The number of likely N-dealkylation sites (tertiary alicyclic amines) is 1. The second-order valence-electron chi connectivity index (χ2n) is 9.66. The van der Waals surface area contributed by atoms with Crippen LogP contribution in [-0.4, -0.2) is 42.2 Å². The Labute approximate surface area is 189 Å². The lowest BCUT2D eigenvalue weighted by molar-refractivity contribution is -0.127. The number of fused-ring (bicyclic) bond motifs is 2. The quantitative estimate of drug-likeness (QED) is 0.661. The number of rotatable bonds is 5. The molecule has 6 heteroatoms. The van der Waals surface area contributed by atoms with Crippen molar-refractivity contribution >= 4 is 17.7 Å². The highest BCUT2D eigenvalue weighted by molar-refractivity contribution is 6.18. The van der Waals surface area contributed by atoms with E-state index in [2.05, 4.69) is 20.8 Å². The number of carbonyl (C=O) groups excluding carboxylic acids is 1. The van der Waals surface area contributed by atoms with E-state index in [1.54, 1.807) is 44.7 Å². The van der Waals surface area contributed by atoms with Crippen molar-refractivity contribution < 1.29 is 14.3 Å². The number of methoxy groups -OCH3 is 2. The Morgan fingerprint density at radius 2 is 1.88 bits per heavy atom. The van der Waals surface area contributed by atoms with Gasteiger partial charge in [-0.1, -0.05) is 32.9 Å². The van der Waals surface area contributed by atoms with Crippen molar-refractivity contribution in [2.24, 2.45) is 17.3 Å². The van der Waals surface area contributed by atoms with Gasteiger partial charge in [0.1, 0.15) is 5.70 Å².